The number of hydrogen-bond donors (Lipinski definition) is 1. The zero-order valence-corrected chi connectivity index (χ0v) is 15.6. The molecule has 0 radical (unpaired) electrons. The molecule has 1 fully saturated rings. The Hall–Kier alpha value is -2.47. The fourth-order valence-corrected chi connectivity index (χ4v) is 4.23. The molecule has 1 saturated heterocycles. The van der Waals surface area contributed by atoms with Crippen molar-refractivity contribution >= 4 is 11.7 Å². The highest BCUT2D eigenvalue weighted by Crippen LogP contribution is 2.50. The van der Waals surface area contributed by atoms with E-state index < -0.39 is 6.43 Å². The van der Waals surface area contributed by atoms with E-state index in [1.54, 1.807) is 12.1 Å². The van der Waals surface area contributed by atoms with E-state index in [1.165, 1.54) is 13.0 Å². The Kier molecular flexibility index (Phi) is 5.31. The van der Waals surface area contributed by atoms with Crippen molar-refractivity contribution in [3.8, 4) is 0 Å². The number of esters is 1. The molecule has 0 aromatic heterocycles. The molecule has 28 heavy (non-hydrogen) atoms. The molecule has 6 heteroatoms. The van der Waals surface area contributed by atoms with Crippen LogP contribution in [-0.4, -0.2) is 18.7 Å². The van der Waals surface area contributed by atoms with Gasteiger partial charge in [-0.05, 0) is 30.5 Å². The first-order chi connectivity index (χ1) is 13.5. The monoisotopic (exact) mass is 387 g/mol. The molecule has 2 aliphatic rings. The SMILES string of the molecule is CC(=O)OC[C@@H]1CC[C@@H]2[C@@H](c3ccccc3)Nc3ccc(C(F)F)cc3[C@@H]2O1. The maximum atomic E-state index is 13.3. The van der Waals surface area contributed by atoms with E-state index in [0.29, 0.717) is 0 Å². The minimum atomic E-state index is -2.53. The molecule has 0 amide bonds. The van der Waals surface area contributed by atoms with Gasteiger partial charge in [-0.25, -0.2) is 8.78 Å². The van der Waals surface area contributed by atoms with Crippen LogP contribution in [0.4, 0.5) is 14.5 Å². The van der Waals surface area contributed by atoms with Crippen molar-refractivity contribution in [2.75, 3.05) is 11.9 Å². The van der Waals surface area contributed by atoms with E-state index >= 15 is 0 Å². The zero-order valence-electron chi connectivity index (χ0n) is 15.6. The number of alkyl halides is 2. The first-order valence-electron chi connectivity index (χ1n) is 9.55. The molecule has 4 atom stereocenters. The summed E-state index contributed by atoms with van der Waals surface area (Å²) in [6, 6.07) is 14.8. The first kappa shape index (κ1) is 18.9. The van der Waals surface area contributed by atoms with E-state index in [2.05, 4.69) is 17.4 Å². The van der Waals surface area contributed by atoms with E-state index in [9.17, 15) is 13.6 Å². The number of fused-ring (bicyclic) bond motifs is 3. The van der Waals surface area contributed by atoms with Crippen LogP contribution in [0.1, 0.15) is 55.0 Å². The molecule has 0 spiro atoms. The Labute approximate surface area is 162 Å². The van der Waals surface area contributed by atoms with Crippen molar-refractivity contribution in [2.24, 2.45) is 5.92 Å². The van der Waals surface area contributed by atoms with Gasteiger partial charge in [0.1, 0.15) is 6.61 Å². The standard InChI is InChI=1S/C22H23F2NO3/c1-13(26)27-12-16-8-9-17-20(14-5-3-2-4-6-14)25-19-10-7-15(22(23)24)11-18(19)21(17)28-16/h2-7,10-11,16-17,20-22,25H,8-9,12H2,1H3/t16-,17+,20+,21+/m0/s1. The van der Waals surface area contributed by atoms with Crippen LogP contribution in [0.3, 0.4) is 0 Å². The van der Waals surface area contributed by atoms with Crippen molar-refractivity contribution in [1.82, 2.24) is 0 Å². The lowest BCUT2D eigenvalue weighted by Crippen LogP contribution is -2.40. The number of carbonyl (C=O) groups is 1. The minimum absolute atomic E-state index is 0.0110. The van der Waals surface area contributed by atoms with Gasteiger partial charge in [0, 0.05) is 29.7 Å². The summed E-state index contributed by atoms with van der Waals surface area (Å²) in [6.07, 6.45) is -1.49. The quantitative estimate of drug-likeness (QED) is 0.734. The van der Waals surface area contributed by atoms with Crippen LogP contribution in [0, 0.1) is 5.92 Å². The van der Waals surface area contributed by atoms with Gasteiger partial charge in [-0.1, -0.05) is 36.4 Å². The van der Waals surface area contributed by atoms with Crippen molar-refractivity contribution < 1.29 is 23.0 Å². The van der Waals surface area contributed by atoms with Gasteiger partial charge in [0.2, 0.25) is 0 Å². The fraction of sp³-hybridized carbons (Fsp3) is 0.409. The van der Waals surface area contributed by atoms with E-state index in [1.807, 2.05) is 18.2 Å². The lowest BCUT2D eigenvalue weighted by Gasteiger charge is -2.45. The topological polar surface area (TPSA) is 47.6 Å². The maximum Gasteiger partial charge on any atom is 0.302 e. The number of carbonyl (C=O) groups excluding carboxylic acids is 1. The second-order valence-corrected chi connectivity index (χ2v) is 7.40. The highest BCUT2D eigenvalue weighted by molar-refractivity contribution is 5.65. The molecule has 2 heterocycles. The van der Waals surface area contributed by atoms with Gasteiger partial charge < -0.3 is 14.8 Å². The predicted octanol–water partition coefficient (Wildman–Crippen LogP) is 5.19. The number of benzene rings is 2. The average molecular weight is 387 g/mol. The third-order valence-electron chi connectivity index (χ3n) is 5.55. The minimum Gasteiger partial charge on any atom is -0.463 e. The van der Waals surface area contributed by atoms with Crippen LogP contribution < -0.4 is 5.32 Å². The Morgan fingerprint density at radius 3 is 2.71 bits per heavy atom. The smallest absolute Gasteiger partial charge is 0.302 e. The Morgan fingerprint density at radius 2 is 2.00 bits per heavy atom. The van der Waals surface area contributed by atoms with Crippen LogP contribution in [0.25, 0.3) is 0 Å². The first-order valence-corrected chi connectivity index (χ1v) is 9.55. The summed E-state index contributed by atoms with van der Waals surface area (Å²) < 4.78 is 38.0. The zero-order chi connectivity index (χ0) is 19.7. The number of hydrogen-bond acceptors (Lipinski definition) is 4. The summed E-state index contributed by atoms with van der Waals surface area (Å²) in [5.74, 6) is -0.241. The molecule has 4 rings (SSSR count). The number of rotatable bonds is 4. The molecule has 0 aliphatic carbocycles. The number of anilines is 1. The van der Waals surface area contributed by atoms with Gasteiger partial charge in [0.05, 0.1) is 18.2 Å². The fourth-order valence-electron chi connectivity index (χ4n) is 4.23. The molecule has 1 N–H and O–H groups in total. The second-order valence-electron chi connectivity index (χ2n) is 7.40. The molecule has 148 valence electrons. The summed E-state index contributed by atoms with van der Waals surface area (Å²) >= 11 is 0. The van der Waals surface area contributed by atoms with Crippen LogP contribution >= 0.6 is 0 Å². The lowest BCUT2D eigenvalue weighted by molar-refractivity contribution is -0.154. The molecule has 2 aromatic rings. The highest BCUT2D eigenvalue weighted by Gasteiger charge is 2.42. The van der Waals surface area contributed by atoms with E-state index in [-0.39, 0.29) is 42.3 Å². The van der Waals surface area contributed by atoms with Gasteiger partial charge in [0.15, 0.2) is 0 Å². The van der Waals surface area contributed by atoms with Crippen molar-refractivity contribution in [1.29, 1.82) is 0 Å². The van der Waals surface area contributed by atoms with Crippen molar-refractivity contribution in [3.63, 3.8) is 0 Å². The largest absolute Gasteiger partial charge is 0.463 e. The Balaban J connectivity index is 1.68. The van der Waals surface area contributed by atoms with Gasteiger partial charge in [-0.15, -0.1) is 0 Å². The van der Waals surface area contributed by atoms with Gasteiger partial charge in [-0.2, -0.15) is 0 Å². The highest BCUT2D eigenvalue weighted by atomic mass is 19.3. The molecule has 2 aliphatic heterocycles. The Bertz CT molecular complexity index is 843. The van der Waals surface area contributed by atoms with Crippen molar-refractivity contribution in [3.05, 3.63) is 65.2 Å². The number of ether oxygens (including phenoxy) is 2. The molecule has 0 bridgehead atoms. The second kappa shape index (κ2) is 7.87. The van der Waals surface area contributed by atoms with Gasteiger partial charge >= 0.3 is 5.97 Å². The van der Waals surface area contributed by atoms with Gasteiger partial charge in [-0.3, -0.25) is 4.79 Å². The molecule has 4 nitrogen and oxygen atoms in total. The molecule has 2 aromatic carbocycles. The summed E-state index contributed by atoms with van der Waals surface area (Å²) in [6.45, 7) is 1.55. The Morgan fingerprint density at radius 1 is 1.21 bits per heavy atom. The van der Waals surface area contributed by atoms with E-state index in [0.717, 1.165) is 29.7 Å². The van der Waals surface area contributed by atoms with Crippen LogP contribution in [0.15, 0.2) is 48.5 Å². The molecule has 0 unspecified atom stereocenters. The molecule has 0 saturated carbocycles. The van der Waals surface area contributed by atoms with Gasteiger partial charge in [0.25, 0.3) is 6.43 Å². The summed E-state index contributed by atoms with van der Waals surface area (Å²) in [7, 11) is 0. The third-order valence-corrected chi connectivity index (χ3v) is 5.55. The number of halogens is 2. The predicted molar refractivity (Wildman–Crippen MR) is 101 cm³/mol. The van der Waals surface area contributed by atoms with E-state index in [4.69, 9.17) is 9.47 Å². The van der Waals surface area contributed by atoms with Crippen LogP contribution in [0.5, 0.6) is 0 Å². The normalized spacial score (nSPS) is 26.1. The average Bonchev–Trinajstić information content (AvgIpc) is 2.71. The summed E-state index contributed by atoms with van der Waals surface area (Å²) in [4.78, 5) is 11.2. The maximum absolute atomic E-state index is 13.3. The van der Waals surface area contributed by atoms with Crippen LogP contribution in [0.2, 0.25) is 0 Å². The van der Waals surface area contributed by atoms with Crippen molar-refractivity contribution in [2.45, 2.75) is 44.4 Å². The molecular formula is C22H23F2NO3. The number of nitrogens with one attached hydrogen (secondary N) is 1. The summed E-state index contributed by atoms with van der Waals surface area (Å²) in [5.41, 5.74) is 2.70. The summed E-state index contributed by atoms with van der Waals surface area (Å²) in [5, 5.41) is 3.53. The lowest BCUT2D eigenvalue weighted by atomic mass is 9.76. The third kappa shape index (κ3) is 3.74. The molecular weight excluding hydrogens is 364 g/mol. The van der Waals surface area contributed by atoms with Crippen LogP contribution in [-0.2, 0) is 14.3 Å².